The lowest BCUT2D eigenvalue weighted by Crippen LogP contribution is -2.55. The van der Waals surface area contributed by atoms with Gasteiger partial charge >= 0.3 is 6.18 Å². The smallest absolute Gasteiger partial charge is 0.416 e. The van der Waals surface area contributed by atoms with Gasteiger partial charge < -0.3 is 15.0 Å². The Kier molecular flexibility index (Phi) is 10.7. The molecule has 2 aliphatic heterocycles. The third-order valence-corrected chi connectivity index (χ3v) is 9.65. The van der Waals surface area contributed by atoms with E-state index in [1.165, 1.54) is 44.8 Å². The molecule has 6 rings (SSSR count). The predicted octanol–water partition coefficient (Wildman–Crippen LogP) is 6.62. The number of carbonyl (C=O) groups excluding carboxylic acids is 3. The second kappa shape index (κ2) is 15.2. The fourth-order valence-electron chi connectivity index (χ4n) is 6.66. The number of carbonyl (C=O) groups is 3. The largest absolute Gasteiger partial charge is 0.493 e. The number of aromatic nitrogens is 2. The van der Waals surface area contributed by atoms with Crippen LogP contribution in [0.1, 0.15) is 69.6 Å². The minimum absolute atomic E-state index is 0.0448. The minimum Gasteiger partial charge on any atom is -0.493 e. The molecule has 4 aromatic rings. The number of likely N-dealkylation sites (tertiary alicyclic amines) is 1. The number of rotatable bonds is 10. The van der Waals surface area contributed by atoms with Gasteiger partial charge in [0.25, 0.3) is 17.7 Å². The average Bonchev–Trinajstić information content (AvgIpc) is 3.78. The van der Waals surface area contributed by atoms with Gasteiger partial charge in [0.15, 0.2) is 5.69 Å². The molecular formula is C37H33BrF4N6O4. The zero-order valence-electron chi connectivity index (χ0n) is 27.9. The maximum atomic E-state index is 14.6. The molecule has 0 spiro atoms. The maximum Gasteiger partial charge on any atom is 0.416 e. The first kappa shape index (κ1) is 36.6. The zero-order valence-corrected chi connectivity index (χ0v) is 29.5. The number of alkyl halides is 4. The summed E-state index contributed by atoms with van der Waals surface area (Å²) in [5, 5.41) is 18.0. The van der Waals surface area contributed by atoms with Gasteiger partial charge in [-0.1, -0.05) is 40.2 Å². The SMILES string of the molecule is CCN1C(=O)[C@H](NC(=O)c2cccc(C(F)(F)F)c2)[C@H](c2ccc(F)cc2)c2c(C(=O)N3CCC[C@H]3C#N)nn(-c3cccc(OCCCBr)c3)c21. The Balaban J connectivity index is 1.56. The number of nitriles is 1. The van der Waals surface area contributed by atoms with Crippen molar-refractivity contribution in [3.05, 3.63) is 107 Å². The van der Waals surface area contributed by atoms with Gasteiger partial charge in [0.05, 0.1) is 23.9 Å². The summed E-state index contributed by atoms with van der Waals surface area (Å²) < 4.78 is 62.4. The molecule has 3 atom stereocenters. The van der Waals surface area contributed by atoms with E-state index in [4.69, 9.17) is 9.84 Å². The average molecular weight is 782 g/mol. The number of likely N-dealkylation sites (N-methyl/N-ethyl adjacent to an activating group) is 1. The third kappa shape index (κ3) is 7.12. The normalized spacial score (nSPS) is 18.6. The second-order valence-electron chi connectivity index (χ2n) is 12.3. The molecule has 0 unspecified atom stereocenters. The van der Waals surface area contributed by atoms with E-state index in [-0.39, 0.29) is 35.7 Å². The predicted molar refractivity (Wildman–Crippen MR) is 186 cm³/mol. The summed E-state index contributed by atoms with van der Waals surface area (Å²) in [6, 6.07) is 15.9. The van der Waals surface area contributed by atoms with Crippen LogP contribution in [0, 0.1) is 17.1 Å². The van der Waals surface area contributed by atoms with Crippen LogP contribution in [0.2, 0.25) is 0 Å². The first-order chi connectivity index (χ1) is 25.0. The molecule has 1 saturated heterocycles. The fourth-order valence-corrected chi connectivity index (χ4v) is 6.89. The molecule has 3 heterocycles. The summed E-state index contributed by atoms with van der Waals surface area (Å²) in [7, 11) is 0. The Bertz CT molecular complexity index is 2030. The van der Waals surface area contributed by atoms with E-state index in [2.05, 4.69) is 27.3 Å². The number of benzene rings is 3. The molecule has 15 heteroatoms. The number of amides is 3. The van der Waals surface area contributed by atoms with Crippen LogP contribution in [0.25, 0.3) is 5.69 Å². The second-order valence-corrected chi connectivity index (χ2v) is 13.1. The van der Waals surface area contributed by atoms with Gasteiger partial charge in [0, 0.05) is 41.5 Å². The van der Waals surface area contributed by atoms with Crippen molar-refractivity contribution in [3.8, 4) is 17.5 Å². The lowest BCUT2D eigenvalue weighted by molar-refractivity contribution is -0.137. The third-order valence-electron chi connectivity index (χ3n) is 9.09. The van der Waals surface area contributed by atoms with Gasteiger partial charge in [-0.25, -0.2) is 9.07 Å². The molecule has 2 aliphatic rings. The van der Waals surface area contributed by atoms with E-state index in [1.54, 1.807) is 31.2 Å². The van der Waals surface area contributed by atoms with E-state index in [1.807, 2.05) is 0 Å². The molecule has 0 saturated carbocycles. The van der Waals surface area contributed by atoms with Gasteiger partial charge in [0.2, 0.25) is 0 Å². The zero-order chi connectivity index (χ0) is 37.2. The number of anilines is 1. The molecule has 0 aliphatic carbocycles. The van der Waals surface area contributed by atoms with Crippen LogP contribution in [0.4, 0.5) is 23.4 Å². The van der Waals surface area contributed by atoms with E-state index >= 15 is 0 Å². The van der Waals surface area contributed by atoms with E-state index in [9.17, 15) is 37.2 Å². The highest BCUT2D eigenvalue weighted by molar-refractivity contribution is 9.09. The van der Waals surface area contributed by atoms with Gasteiger partial charge in [-0.15, -0.1) is 0 Å². The summed E-state index contributed by atoms with van der Waals surface area (Å²) >= 11 is 3.38. The number of hydrogen-bond donors (Lipinski definition) is 1. The van der Waals surface area contributed by atoms with E-state index in [0.29, 0.717) is 42.5 Å². The Hall–Kier alpha value is -5.23. The van der Waals surface area contributed by atoms with Gasteiger partial charge in [-0.05, 0) is 74.2 Å². The highest BCUT2D eigenvalue weighted by atomic mass is 79.9. The summed E-state index contributed by atoms with van der Waals surface area (Å²) in [5.41, 5.74) is -0.483. The Morgan fingerprint density at radius 3 is 2.54 bits per heavy atom. The van der Waals surface area contributed by atoms with Gasteiger partial charge in [-0.3, -0.25) is 19.3 Å². The van der Waals surface area contributed by atoms with Crippen molar-refractivity contribution in [2.45, 2.75) is 50.4 Å². The number of nitrogens with one attached hydrogen (secondary N) is 1. The number of hydrogen-bond acceptors (Lipinski definition) is 6. The van der Waals surface area contributed by atoms with Crippen molar-refractivity contribution in [2.24, 2.45) is 0 Å². The van der Waals surface area contributed by atoms with E-state index in [0.717, 1.165) is 23.9 Å². The van der Waals surface area contributed by atoms with E-state index < -0.39 is 53.3 Å². The maximum absolute atomic E-state index is 14.6. The highest BCUT2D eigenvalue weighted by Crippen LogP contribution is 2.44. The topological polar surface area (TPSA) is 121 Å². The van der Waals surface area contributed by atoms with Crippen molar-refractivity contribution in [1.82, 2.24) is 20.0 Å². The van der Waals surface area contributed by atoms with Crippen LogP contribution in [-0.4, -0.2) is 69.5 Å². The summed E-state index contributed by atoms with van der Waals surface area (Å²) in [4.78, 5) is 45.5. The molecule has 52 heavy (non-hydrogen) atoms. The van der Waals surface area contributed by atoms with Crippen LogP contribution in [0.3, 0.4) is 0 Å². The van der Waals surface area contributed by atoms with Crippen molar-refractivity contribution >= 4 is 39.5 Å². The first-order valence-corrected chi connectivity index (χ1v) is 17.8. The Labute approximate surface area is 305 Å². The van der Waals surface area contributed by atoms with Crippen molar-refractivity contribution in [1.29, 1.82) is 5.26 Å². The Morgan fingerprint density at radius 1 is 1.10 bits per heavy atom. The summed E-state index contributed by atoms with van der Waals surface area (Å²) in [6.45, 7) is 2.43. The molecule has 1 aromatic heterocycles. The quantitative estimate of drug-likeness (QED) is 0.110. The minimum atomic E-state index is -4.72. The van der Waals surface area contributed by atoms with Crippen LogP contribution in [-0.2, 0) is 11.0 Å². The highest BCUT2D eigenvalue weighted by Gasteiger charge is 2.48. The lowest BCUT2D eigenvalue weighted by Gasteiger charge is -2.38. The molecular weight excluding hydrogens is 748 g/mol. The molecule has 3 aromatic carbocycles. The first-order valence-electron chi connectivity index (χ1n) is 16.6. The van der Waals surface area contributed by atoms with Crippen LogP contribution < -0.4 is 15.0 Å². The van der Waals surface area contributed by atoms with Crippen molar-refractivity contribution in [2.75, 3.05) is 29.9 Å². The molecule has 1 fully saturated rings. The van der Waals surface area contributed by atoms with Crippen LogP contribution in [0.5, 0.6) is 5.75 Å². The van der Waals surface area contributed by atoms with Crippen molar-refractivity contribution < 1.29 is 36.7 Å². The van der Waals surface area contributed by atoms with Crippen molar-refractivity contribution in [3.63, 3.8) is 0 Å². The molecule has 270 valence electrons. The lowest BCUT2D eigenvalue weighted by atomic mass is 9.80. The summed E-state index contributed by atoms with van der Waals surface area (Å²) in [6.07, 6.45) is -2.95. The fraction of sp³-hybridized carbons (Fsp3) is 0.324. The molecule has 10 nitrogen and oxygen atoms in total. The molecule has 3 amide bonds. The molecule has 0 bridgehead atoms. The standard InChI is InChI=1S/C37H33BrF4N6O4/c1-2-46-34-30(32(36(51)47-17-5-10-27(47)21-43)45-48(34)26-9-4-11-28(20-26)52-18-6-16-38)29(22-12-14-25(39)15-13-22)31(35(46)50)44-33(49)23-7-3-8-24(19-23)37(40,41)42/h3-4,7-9,11-15,19-20,27,29,31H,2,5-6,10,16-18H2,1H3,(H,44,49)/t27-,29+,31+/m0/s1. The number of nitrogens with zero attached hydrogens (tertiary/aromatic N) is 5. The number of fused-ring (bicyclic) bond motifs is 1. The molecule has 1 N–H and O–H groups in total. The Morgan fingerprint density at radius 2 is 1.85 bits per heavy atom. The summed E-state index contributed by atoms with van der Waals surface area (Å²) in [5.74, 6) is -3.20. The van der Waals surface area contributed by atoms with Crippen LogP contribution >= 0.6 is 15.9 Å². The van der Waals surface area contributed by atoms with Gasteiger partial charge in [-0.2, -0.15) is 23.5 Å². The van der Waals surface area contributed by atoms with Gasteiger partial charge in [0.1, 0.15) is 29.5 Å². The number of halogens is 5. The monoisotopic (exact) mass is 780 g/mol. The number of ether oxygens (including phenoxy) is 1. The van der Waals surface area contributed by atoms with Crippen LogP contribution in [0.15, 0.2) is 72.8 Å². The molecule has 0 radical (unpaired) electrons.